The van der Waals surface area contributed by atoms with Crippen LogP contribution in [0.5, 0.6) is 0 Å². The Morgan fingerprint density at radius 2 is 2.12 bits per heavy atom. The van der Waals surface area contributed by atoms with E-state index >= 15 is 0 Å². The van der Waals surface area contributed by atoms with Crippen LogP contribution in [0.25, 0.3) is 0 Å². The van der Waals surface area contributed by atoms with E-state index in [1.807, 2.05) is 12.1 Å². The molecule has 5 nitrogen and oxygen atoms in total. The van der Waals surface area contributed by atoms with Crippen molar-refractivity contribution in [1.29, 1.82) is 0 Å². The molecule has 2 heterocycles. The van der Waals surface area contributed by atoms with Crippen LogP contribution in [-0.2, 0) is 0 Å². The Labute approximate surface area is 101 Å². The second-order valence-electron chi connectivity index (χ2n) is 4.48. The third-order valence-electron chi connectivity index (χ3n) is 3.16. The molecule has 0 aliphatic carbocycles. The van der Waals surface area contributed by atoms with Gasteiger partial charge in [-0.3, -0.25) is 9.69 Å². The lowest BCUT2D eigenvalue weighted by Gasteiger charge is -2.32. The molecule has 0 unspecified atom stereocenters. The summed E-state index contributed by atoms with van der Waals surface area (Å²) in [6.07, 6.45) is 1.65. The minimum Gasteiger partial charge on any atom is -0.379 e. The van der Waals surface area contributed by atoms with Gasteiger partial charge in [-0.2, -0.15) is 0 Å². The Hall–Kier alpha value is -1.33. The number of aromatic nitrogens is 1. The van der Waals surface area contributed by atoms with Crippen molar-refractivity contribution in [3.63, 3.8) is 0 Å². The fourth-order valence-corrected chi connectivity index (χ4v) is 1.98. The summed E-state index contributed by atoms with van der Waals surface area (Å²) in [6.45, 7) is 6.30. The summed E-state index contributed by atoms with van der Waals surface area (Å²) >= 11 is 0. The fraction of sp³-hybridized carbons (Fsp3) is 0.583. The first-order chi connectivity index (χ1) is 8.25. The third kappa shape index (κ3) is 3.57. The van der Waals surface area contributed by atoms with E-state index in [0.29, 0.717) is 5.69 Å². The van der Waals surface area contributed by atoms with Crippen molar-refractivity contribution in [2.45, 2.75) is 0 Å². The Kier molecular flexibility index (Phi) is 4.17. The number of piperazine rings is 1. The summed E-state index contributed by atoms with van der Waals surface area (Å²) in [5, 5.41) is 3.17. The van der Waals surface area contributed by atoms with E-state index in [0.717, 1.165) is 39.3 Å². The summed E-state index contributed by atoms with van der Waals surface area (Å²) in [4.78, 5) is 18.8. The van der Waals surface area contributed by atoms with Gasteiger partial charge in [-0.05, 0) is 19.2 Å². The number of hydrogen-bond acceptors (Lipinski definition) is 4. The second kappa shape index (κ2) is 5.84. The van der Waals surface area contributed by atoms with Crippen molar-refractivity contribution in [2.24, 2.45) is 0 Å². The molecule has 1 fully saturated rings. The fourth-order valence-electron chi connectivity index (χ4n) is 1.98. The smallest absolute Gasteiger partial charge is 0.271 e. The topological polar surface area (TPSA) is 51.4 Å². The molecule has 1 saturated heterocycles. The van der Waals surface area contributed by atoms with Crippen molar-refractivity contribution >= 4 is 5.69 Å². The van der Waals surface area contributed by atoms with Crippen molar-refractivity contribution in [2.75, 3.05) is 51.6 Å². The van der Waals surface area contributed by atoms with Crippen LogP contribution in [0.3, 0.4) is 0 Å². The monoisotopic (exact) mass is 236 g/mol. The van der Waals surface area contributed by atoms with E-state index in [1.165, 1.54) is 0 Å². The highest BCUT2D eigenvalue weighted by Gasteiger charge is 2.12. The highest BCUT2D eigenvalue weighted by atomic mass is 16.1. The van der Waals surface area contributed by atoms with E-state index in [2.05, 4.69) is 27.1 Å². The molecule has 1 aromatic rings. The normalized spacial score (nSPS) is 18.2. The second-order valence-corrected chi connectivity index (χ2v) is 4.48. The van der Waals surface area contributed by atoms with Crippen molar-refractivity contribution in [3.05, 3.63) is 28.7 Å². The van der Waals surface area contributed by atoms with Crippen LogP contribution in [0.1, 0.15) is 0 Å². The molecule has 0 bridgehead atoms. The van der Waals surface area contributed by atoms with Crippen LogP contribution in [0.4, 0.5) is 5.69 Å². The molecule has 94 valence electrons. The zero-order valence-corrected chi connectivity index (χ0v) is 10.3. The Morgan fingerprint density at radius 3 is 2.82 bits per heavy atom. The molecule has 0 spiro atoms. The van der Waals surface area contributed by atoms with Gasteiger partial charge in [0.2, 0.25) is 0 Å². The van der Waals surface area contributed by atoms with Gasteiger partial charge in [-0.25, -0.2) is 0 Å². The number of nitrogens with zero attached hydrogens (tertiary/aromatic N) is 2. The van der Waals surface area contributed by atoms with Gasteiger partial charge < -0.3 is 15.2 Å². The average Bonchev–Trinajstić information content (AvgIpc) is 2.34. The van der Waals surface area contributed by atoms with E-state index in [1.54, 1.807) is 6.20 Å². The molecule has 2 rings (SSSR count). The minimum atomic E-state index is -0.0501. The van der Waals surface area contributed by atoms with Gasteiger partial charge in [0, 0.05) is 45.5 Å². The molecule has 0 aromatic carbocycles. The Bertz CT molecular complexity index is 395. The van der Waals surface area contributed by atoms with Gasteiger partial charge in [0.05, 0.1) is 0 Å². The third-order valence-corrected chi connectivity index (χ3v) is 3.16. The molecule has 1 aliphatic heterocycles. The number of H-pyrrole nitrogens is 1. The van der Waals surface area contributed by atoms with Gasteiger partial charge >= 0.3 is 0 Å². The zero-order valence-electron chi connectivity index (χ0n) is 10.3. The van der Waals surface area contributed by atoms with Crippen LogP contribution in [-0.4, -0.2) is 61.1 Å². The lowest BCUT2D eigenvalue weighted by atomic mass is 10.3. The molecule has 0 radical (unpaired) electrons. The highest BCUT2D eigenvalue weighted by Crippen LogP contribution is 1.99. The van der Waals surface area contributed by atoms with E-state index in [9.17, 15) is 4.79 Å². The van der Waals surface area contributed by atoms with Gasteiger partial charge in [-0.15, -0.1) is 0 Å². The lowest BCUT2D eigenvalue weighted by molar-refractivity contribution is 0.158. The zero-order chi connectivity index (χ0) is 12.1. The summed E-state index contributed by atoms with van der Waals surface area (Å²) < 4.78 is 0. The van der Waals surface area contributed by atoms with Gasteiger partial charge in [0.25, 0.3) is 5.56 Å². The summed E-state index contributed by atoms with van der Waals surface area (Å²) in [5.74, 6) is 0. The van der Waals surface area contributed by atoms with E-state index < -0.39 is 0 Å². The molecule has 0 amide bonds. The number of likely N-dealkylation sites (N-methyl/N-ethyl adjacent to an activating group) is 1. The number of nitrogens with one attached hydrogen (secondary N) is 2. The number of aromatic amines is 1. The van der Waals surface area contributed by atoms with Gasteiger partial charge in [0.1, 0.15) is 5.69 Å². The summed E-state index contributed by atoms with van der Waals surface area (Å²) in [7, 11) is 2.15. The van der Waals surface area contributed by atoms with Crippen molar-refractivity contribution in [1.82, 2.24) is 14.8 Å². The number of anilines is 1. The minimum absolute atomic E-state index is 0.0501. The first-order valence-electron chi connectivity index (χ1n) is 6.08. The van der Waals surface area contributed by atoms with Crippen LogP contribution in [0, 0.1) is 0 Å². The maximum absolute atomic E-state index is 11.4. The van der Waals surface area contributed by atoms with Crippen LogP contribution >= 0.6 is 0 Å². The van der Waals surface area contributed by atoms with E-state index in [-0.39, 0.29) is 5.56 Å². The summed E-state index contributed by atoms with van der Waals surface area (Å²) in [6, 6.07) is 3.64. The first-order valence-corrected chi connectivity index (χ1v) is 6.08. The molecular formula is C12H20N4O. The molecular weight excluding hydrogens is 216 g/mol. The molecule has 17 heavy (non-hydrogen) atoms. The SMILES string of the molecule is CN1CCN(CCNc2ccc[nH]c2=O)CC1. The Morgan fingerprint density at radius 1 is 1.35 bits per heavy atom. The standard InChI is InChI=1S/C12H20N4O/c1-15-7-9-16(10-8-15)6-5-13-11-3-2-4-14-12(11)17/h2-4,13H,5-10H2,1H3,(H,14,17). The molecule has 5 heteroatoms. The predicted octanol–water partition coefficient (Wildman–Crippen LogP) is 0.0342. The predicted molar refractivity (Wildman–Crippen MR) is 69.5 cm³/mol. The van der Waals surface area contributed by atoms with Crippen LogP contribution in [0.2, 0.25) is 0 Å². The molecule has 0 saturated carbocycles. The largest absolute Gasteiger partial charge is 0.379 e. The van der Waals surface area contributed by atoms with E-state index in [4.69, 9.17) is 0 Å². The molecule has 1 aliphatic rings. The van der Waals surface area contributed by atoms with Gasteiger partial charge in [0.15, 0.2) is 0 Å². The van der Waals surface area contributed by atoms with Crippen LogP contribution in [0.15, 0.2) is 23.1 Å². The number of hydrogen-bond donors (Lipinski definition) is 2. The van der Waals surface area contributed by atoms with Crippen molar-refractivity contribution in [3.8, 4) is 0 Å². The summed E-state index contributed by atoms with van der Waals surface area (Å²) in [5.41, 5.74) is 0.604. The lowest BCUT2D eigenvalue weighted by Crippen LogP contribution is -2.45. The molecule has 1 aromatic heterocycles. The average molecular weight is 236 g/mol. The highest BCUT2D eigenvalue weighted by molar-refractivity contribution is 5.39. The first kappa shape index (κ1) is 12.1. The molecule has 0 atom stereocenters. The maximum atomic E-state index is 11.4. The maximum Gasteiger partial charge on any atom is 0.271 e. The quantitative estimate of drug-likeness (QED) is 0.775. The Balaban J connectivity index is 1.73. The van der Waals surface area contributed by atoms with Gasteiger partial charge in [-0.1, -0.05) is 0 Å². The number of pyridine rings is 1. The number of rotatable bonds is 4. The van der Waals surface area contributed by atoms with Crippen molar-refractivity contribution < 1.29 is 0 Å². The molecule has 2 N–H and O–H groups in total. The van der Waals surface area contributed by atoms with Crippen LogP contribution < -0.4 is 10.9 Å².